The van der Waals surface area contributed by atoms with Gasteiger partial charge in [0, 0.05) is 24.7 Å². The molecule has 1 N–H and O–H groups in total. The van der Waals surface area contributed by atoms with E-state index >= 15 is 0 Å². The lowest BCUT2D eigenvalue weighted by Crippen LogP contribution is -2.59. The number of amides is 1. The summed E-state index contributed by atoms with van der Waals surface area (Å²) in [5.74, 6) is -0.0387. The van der Waals surface area contributed by atoms with Gasteiger partial charge < -0.3 is 10.2 Å². The van der Waals surface area contributed by atoms with E-state index in [1.165, 1.54) is 0 Å². The Kier molecular flexibility index (Phi) is 3.85. The van der Waals surface area contributed by atoms with Crippen LogP contribution in [0.2, 0.25) is 10.0 Å². The van der Waals surface area contributed by atoms with Crippen LogP contribution in [0.4, 0.5) is 0 Å². The minimum Gasteiger partial charge on any atom is -0.331 e. The SMILES string of the molecule is CC1(C)CNCCN1C(=O)c1ccc(Cl)cc1Cl. The Morgan fingerprint density at radius 3 is 2.72 bits per heavy atom. The summed E-state index contributed by atoms with van der Waals surface area (Å²) < 4.78 is 0. The second-order valence-corrected chi connectivity index (χ2v) is 5.91. The fourth-order valence-electron chi connectivity index (χ4n) is 2.17. The van der Waals surface area contributed by atoms with Gasteiger partial charge in [0.1, 0.15) is 0 Å². The quantitative estimate of drug-likeness (QED) is 0.861. The monoisotopic (exact) mass is 286 g/mol. The van der Waals surface area contributed by atoms with Gasteiger partial charge in [0.05, 0.1) is 16.1 Å². The molecule has 0 saturated carbocycles. The van der Waals surface area contributed by atoms with E-state index in [0.29, 0.717) is 22.2 Å². The van der Waals surface area contributed by atoms with E-state index in [0.717, 1.165) is 13.1 Å². The molecule has 18 heavy (non-hydrogen) atoms. The number of nitrogens with zero attached hydrogens (tertiary/aromatic N) is 1. The fourth-order valence-corrected chi connectivity index (χ4v) is 2.66. The van der Waals surface area contributed by atoms with Crippen molar-refractivity contribution in [2.45, 2.75) is 19.4 Å². The Labute approximate surface area is 117 Å². The van der Waals surface area contributed by atoms with E-state index in [4.69, 9.17) is 23.2 Å². The molecule has 1 aromatic rings. The van der Waals surface area contributed by atoms with Crippen LogP contribution in [0, 0.1) is 0 Å². The van der Waals surface area contributed by atoms with Crippen molar-refractivity contribution in [1.29, 1.82) is 0 Å². The molecule has 1 fully saturated rings. The number of nitrogens with one attached hydrogen (secondary N) is 1. The van der Waals surface area contributed by atoms with Crippen LogP contribution in [0.1, 0.15) is 24.2 Å². The third-order valence-corrected chi connectivity index (χ3v) is 3.75. The highest BCUT2D eigenvalue weighted by Gasteiger charge is 2.34. The van der Waals surface area contributed by atoms with Crippen molar-refractivity contribution in [1.82, 2.24) is 10.2 Å². The first kappa shape index (κ1) is 13.7. The standard InChI is InChI=1S/C13H16Cl2N2O/c1-13(2)8-16-5-6-17(13)12(18)10-4-3-9(14)7-11(10)15/h3-4,7,16H,5-6,8H2,1-2H3. The number of hydrogen-bond donors (Lipinski definition) is 1. The van der Waals surface area contributed by atoms with Gasteiger partial charge in [-0.2, -0.15) is 0 Å². The minimum absolute atomic E-state index is 0.0387. The summed E-state index contributed by atoms with van der Waals surface area (Å²) in [6.45, 7) is 6.36. The van der Waals surface area contributed by atoms with E-state index < -0.39 is 0 Å². The average Bonchev–Trinajstić information content (AvgIpc) is 2.27. The Balaban J connectivity index is 2.30. The van der Waals surface area contributed by atoms with Gasteiger partial charge in [0.25, 0.3) is 5.91 Å². The predicted octanol–water partition coefficient (Wildman–Crippen LogP) is 2.82. The molecule has 2 rings (SSSR count). The van der Waals surface area contributed by atoms with Crippen molar-refractivity contribution < 1.29 is 4.79 Å². The summed E-state index contributed by atoms with van der Waals surface area (Å²) >= 11 is 11.9. The number of halogens is 2. The van der Waals surface area contributed by atoms with Gasteiger partial charge in [-0.1, -0.05) is 23.2 Å². The first-order valence-electron chi connectivity index (χ1n) is 5.89. The normalized spacial score (nSPS) is 18.8. The van der Waals surface area contributed by atoms with Crippen LogP contribution < -0.4 is 5.32 Å². The lowest BCUT2D eigenvalue weighted by atomic mass is 9.98. The largest absolute Gasteiger partial charge is 0.331 e. The molecule has 1 aliphatic heterocycles. The molecule has 5 heteroatoms. The Hall–Kier alpha value is -0.770. The highest BCUT2D eigenvalue weighted by Crippen LogP contribution is 2.25. The van der Waals surface area contributed by atoms with Crippen LogP contribution in [-0.4, -0.2) is 36.0 Å². The van der Waals surface area contributed by atoms with Crippen LogP contribution in [0.15, 0.2) is 18.2 Å². The molecule has 98 valence electrons. The number of rotatable bonds is 1. The van der Waals surface area contributed by atoms with Crippen LogP contribution >= 0.6 is 23.2 Å². The molecule has 1 aromatic carbocycles. The second-order valence-electron chi connectivity index (χ2n) is 5.07. The number of carbonyl (C=O) groups is 1. The fraction of sp³-hybridized carbons (Fsp3) is 0.462. The van der Waals surface area contributed by atoms with Gasteiger partial charge in [-0.3, -0.25) is 4.79 Å². The number of hydrogen-bond acceptors (Lipinski definition) is 2. The van der Waals surface area contributed by atoms with Crippen molar-refractivity contribution in [2.24, 2.45) is 0 Å². The van der Waals surface area contributed by atoms with Crippen LogP contribution in [-0.2, 0) is 0 Å². The topological polar surface area (TPSA) is 32.3 Å². The predicted molar refractivity (Wildman–Crippen MR) is 74.4 cm³/mol. The van der Waals surface area contributed by atoms with Gasteiger partial charge in [-0.15, -0.1) is 0 Å². The molecule has 0 atom stereocenters. The zero-order valence-electron chi connectivity index (χ0n) is 10.5. The molecule has 1 heterocycles. The molecule has 0 bridgehead atoms. The zero-order valence-corrected chi connectivity index (χ0v) is 12.0. The van der Waals surface area contributed by atoms with Crippen molar-refractivity contribution in [3.05, 3.63) is 33.8 Å². The third-order valence-electron chi connectivity index (χ3n) is 3.21. The van der Waals surface area contributed by atoms with E-state index in [9.17, 15) is 4.79 Å². The Morgan fingerprint density at radius 1 is 1.39 bits per heavy atom. The molecule has 0 spiro atoms. The van der Waals surface area contributed by atoms with E-state index in [-0.39, 0.29) is 11.4 Å². The van der Waals surface area contributed by atoms with E-state index in [1.54, 1.807) is 18.2 Å². The number of carbonyl (C=O) groups excluding carboxylic acids is 1. The summed E-state index contributed by atoms with van der Waals surface area (Å²) in [7, 11) is 0. The highest BCUT2D eigenvalue weighted by atomic mass is 35.5. The zero-order chi connectivity index (χ0) is 13.3. The number of benzene rings is 1. The molecule has 1 aliphatic rings. The molecule has 0 unspecified atom stereocenters. The minimum atomic E-state index is -0.210. The van der Waals surface area contributed by atoms with E-state index in [2.05, 4.69) is 5.32 Å². The third kappa shape index (κ3) is 2.63. The summed E-state index contributed by atoms with van der Waals surface area (Å²) in [6, 6.07) is 4.98. The lowest BCUT2D eigenvalue weighted by Gasteiger charge is -2.43. The molecule has 0 radical (unpaired) electrons. The molecule has 3 nitrogen and oxygen atoms in total. The Bertz CT molecular complexity index is 474. The molecular weight excluding hydrogens is 271 g/mol. The average molecular weight is 287 g/mol. The Morgan fingerprint density at radius 2 is 2.11 bits per heavy atom. The van der Waals surface area contributed by atoms with Crippen molar-refractivity contribution in [2.75, 3.05) is 19.6 Å². The first-order chi connectivity index (χ1) is 8.42. The smallest absolute Gasteiger partial charge is 0.255 e. The first-order valence-corrected chi connectivity index (χ1v) is 6.65. The summed E-state index contributed by atoms with van der Waals surface area (Å²) in [5, 5.41) is 4.23. The lowest BCUT2D eigenvalue weighted by molar-refractivity contribution is 0.0477. The van der Waals surface area contributed by atoms with Crippen molar-refractivity contribution in [3.8, 4) is 0 Å². The van der Waals surface area contributed by atoms with Gasteiger partial charge >= 0.3 is 0 Å². The molecular formula is C13H16Cl2N2O. The van der Waals surface area contributed by atoms with Crippen LogP contribution in [0.5, 0.6) is 0 Å². The van der Waals surface area contributed by atoms with Crippen molar-refractivity contribution in [3.63, 3.8) is 0 Å². The van der Waals surface area contributed by atoms with Gasteiger partial charge in [0.15, 0.2) is 0 Å². The maximum absolute atomic E-state index is 12.5. The summed E-state index contributed by atoms with van der Waals surface area (Å²) in [5.41, 5.74) is 0.300. The highest BCUT2D eigenvalue weighted by molar-refractivity contribution is 6.36. The number of piperazine rings is 1. The summed E-state index contributed by atoms with van der Waals surface area (Å²) in [4.78, 5) is 14.4. The van der Waals surface area contributed by atoms with Gasteiger partial charge in [-0.05, 0) is 32.0 Å². The maximum atomic E-state index is 12.5. The van der Waals surface area contributed by atoms with Gasteiger partial charge in [0.2, 0.25) is 0 Å². The molecule has 0 aliphatic carbocycles. The summed E-state index contributed by atoms with van der Waals surface area (Å²) in [6.07, 6.45) is 0. The van der Waals surface area contributed by atoms with Crippen LogP contribution in [0.3, 0.4) is 0 Å². The maximum Gasteiger partial charge on any atom is 0.255 e. The second kappa shape index (κ2) is 5.08. The molecule has 0 aromatic heterocycles. The molecule has 1 saturated heterocycles. The van der Waals surface area contributed by atoms with E-state index in [1.807, 2.05) is 18.7 Å². The van der Waals surface area contributed by atoms with Crippen molar-refractivity contribution >= 4 is 29.1 Å². The van der Waals surface area contributed by atoms with Gasteiger partial charge in [-0.25, -0.2) is 0 Å². The molecule has 1 amide bonds. The van der Waals surface area contributed by atoms with Crippen LogP contribution in [0.25, 0.3) is 0 Å².